The Morgan fingerprint density at radius 1 is 1.06 bits per heavy atom. The van der Waals surface area contributed by atoms with Gasteiger partial charge in [0, 0.05) is 0 Å². The van der Waals surface area contributed by atoms with Crippen LogP contribution in [0.1, 0.15) is 5.56 Å². The number of halogens is 1. The molecule has 0 N–H and O–H groups in total. The van der Waals surface area contributed by atoms with Crippen molar-refractivity contribution in [2.75, 3.05) is 6.79 Å². The van der Waals surface area contributed by atoms with Crippen molar-refractivity contribution >= 4 is 15.9 Å². The van der Waals surface area contributed by atoms with Crippen LogP contribution < -0.4 is 4.74 Å². The molecule has 1 aromatic carbocycles. The maximum atomic E-state index is 5.39. The Hall–Kier alpha value is -1.39. The first kappa shape index (κ1) is 12.1. The van der Waals surface area contributed by atoms with Crippen LogP contribution in [0.5, 0.6) is 5.75 Å². The number of aromatic nitrogens is 1. The average Bonchev–Trinajstić information content (AvgIpc) is 2.38. The van der Waals surface area contributed by atoms with E-state index in [0.717, 1.165) is 10.2 Å². The standard InChI is InChI=1S/C13H12BrNO2/c14-13-7-6-12(8-15-13)17-10-16-9-11-4-2-1-3-5-11/h1-8H,9-10H2. The summed E-state index contributed by atoms with van der Waals surface area (Å²) in [6.45, 7) is 0.767. The molecule has 0 atom stereocenters. The monoisotopic (exact) mass is 293 g/mol. The molecule has 0 amide bonds. The predicted octanol–water partition coefficient (Wildman–Crippen LogP) is 3.40. The van der Waals surface area contributed by atoms with E-state index in [2.05, 4.69) is 20.9 Å². The number of ether oxygens (including phenoxy) is 2. The summed E-state index contributed by atoms with van der Waals surface area (Å²) >= 11 is 3.26. The highest BCUT2D eigenvalue weighted by atomic mass is 79.9. The van der Waals surface area contributed by atoms with Crippen molar-refractivity contribution in [2.24, 2.45) is 0 Å². The first-order valence-corrected chi connectivity index (χ1v) is 6.00. The Morgan fingerprint density at radius 3 is 2.59 bits per heavy atom. The summed E-state index contributed by atoms with van der Waals surface area (Å²) in [5, 5.41) is 0. The van der Waals surface area contributed by atoms with Gasteiger partial charge in [-0.2, -0.15) is 0 Å². The normalized spacial score (nSPS) is 10.2. The SMILES string of the molecule is Brc1ccc(OCOCc2ccccc2)cn1. The maximum absolute atomic E-state index is 5.39. The lowest BCUT2D eigenvalue weighted by atomic mass is 10.2. The highest BCUT2D eigenvalue weighted by molar-refractivity contribution is 9.10. The molecule has 0 saturated heterocycles. The van der Waals surface area contributed by atoms with Gasteiger partial charge in [0.05, 0.1) is 12.8 Å². The van der Waals surface area contributed by atoms with Crippen molar-refractivity contribution in [3.63, 3.8) is 0 Å². The van der Waals surface area contributed by atoms with E-state index in [1.807, 2.05) is 42.5 Å². The Labute approximate surface area is 109 Å². The third-order valence-electron chi connectivity index (χ3n) is 2.12. The highest BCUT2D eigenvalue weighted by Gasteiger charge is 1.95. The van der Waals surface area contributed by atoms with Crippen LogP contribution in [0, 0.1) is 0 Å². The Bertz CT molecular complexity index is 445. The van der Waals surface area contributed by atoms with Crippen LogP contribution in [0.4, 0.5) is 0 Å². The summed E-state index contributed by atoms with van der Waals surface area (Å²) in [6.07, 6.45) is 1.65. The van der Waals surface area contributed by atoms with Gasteiger partial charge in [-0.25, -0.2) is 4.98 Å². The zero-order chi connectivity index (χ0) is 11.9. The minimum atomic E-state index is 0.220. The summed E-state index contributed by atoms with van der Waals surface area (Å²) < 4.78 is 11.6. The van der Waals surface area contributed by atoms with Gasteiger partial charge in [0.2, 0.25) is 0 Å². The van der Waals surface area contributed by atoms with Crippen LogP contribution in [0.25, 0.3) is 0 Å². The van der Waals surface area contributed by atoms with E-state index in [1.165, 1.54) is 0 Å². The molecular formula is C13H12BrNO2. The van der Waals surface area contributed by atoms with Crippen LogP contribution in [0.3, 0.4) is 0 Å². The first-order valence-electron chi connectivity index (χ1n) is 5.20. The lowest BCUT2D eigenvalue weighted by Crippen LogP contribution is -2.03. The Kier molecular flexibility index (Phi) is 4.53. The summed E-state index contributed by atoms with van der Waals surface area (Å²) in [5.41, 5.74) is 1.13. The molecule has 1 aromatic heterocycles. The van der Waals surface area contributed by atoms with Crippen LogP contribution in [-0.4, -0.2) is 11.8 Å². The first-order chi connectivity index (χ1) is 8.34. The number of hydrogen-bond donors (Lipinski definition) is 0. The summed E-state index contributed by atoms with van der Waals surface area (Å²) in [5.74, 6) is 0.696. The van der Waals surface area contributed by atoms with E-state index >= 15 is 0 Å². The fourth-order valence-corrected chi connectivity index (χ4v) is 1.53. The van der Waals surface area contributed by atoms with Gasteiger partial charge >= 0.3 is 0 Å². The molecule has 0 aliphatic heterocycles. The molecule has 0 aliphatic carbocycles. The molecule has 0 fully saturated rings. The summed E-state index contributed by atoms with van der Waals surface area (Å²) in [6, 6.07) is 13.6. The second-order valence-corrected chi connectivity index (χ2v) is 4.23. The number of benzene rings is 1. The van der Waals surface area contributed by atoms with Gasteiger partial charge in [-0.05, 0) is 33.6 Å². The smallest absolute Gasteiger partial charge is 0.189 e. The molecule has 4 heteroatoms. The van der Waals surface area contributed by atoms with Gasteiger partial charge in [-0.15, -0.1) is 0 Å². The predicted molar refractivity (Wildman–Crippen MR) is 68.7 cm³/mol. The minimum Gasteiger partial charge on any atom is -0.466 e. The van der Waals surface area contributed by atoms with Crippen molar-refractivity contribution in [3.05, 3.63) is 58.8 Å². The van der Waals surface area contributed by atoms with Gasteiger partial charge in [-0.1, -0.05) is 30.3 Å². The van der Waals surface area contributed by atoms with Crippen LogP contribution in [0.2, 0.25) is 0 Å². The fraction of sp³-hybridized carbons (Fsp3) is 0.154. The minimum absolute atomic E-state index is 0.220. The van der Waals surface area contributed by atoms with Crippen molar-refractivity contribution in [1.29, 1.82) is 0 Å². The molecule has 0 radical (unpaired) electrons. The molecule has 2 rings (SSSR count). The van der Waals surface area contributed by atoms with E-state index in [0.29, 0.717) is 12.4 Å². The average molecular weight is 294 g/mol. The maximum Gasteiger partial charge on any atom is 0.189 e. The molecule has 88 valence electrons. The van der Waals surface area contributed by atoms with Crippen molar-refractivity contribution in [2.45, 2.75) is 6.61 Å². The molecule has 2 aromatic rings. The Balaban J connectivity index is 1.71. The lowest BCUT2D eigenvalue weighted by Gasteiger charge is -2.06. The zero-order valence-electron chi connectivity index (χ0n) is 9.17. The second kappa shape index (κ2) is 6.37. The number of nitrogens with zero attached hydrogens (tertiary/aromatic N) is 1. The van der Waals surface area contributed by atoms with E-state index in [-0.39, 0.29) is 6.79 Å². The largest absolute Gasteiger partial charge is 0.466 e. The highest BCUT2D eigenvalue weighted by Crippen LogP contribution is 2.12. The number of hydrogen-bond acceptors (Lipinski definition) is 3. The van der Waals surface area contributed by atoms with Gasteiger partial charge < -0.3 is 9.47 Å². The van der Waals surface area contributed by atoms with Crippen molar-refractivity contribution < 1.29 is 9.47 Å². The van der Waals surface area contributed by atoms with Crippen molar-refractivity contribution in [1.82, 2.24) is 4.98 Å². The third kappa shape index (κ3) is 4.17. The zero-order valence-corrected chi connectivity index (χ0v) is 10.8. The third-order valence-corrected chi connectivity index (χ3v) is 2.59. The van der Waals surface area contributed by atoms with Crippen LogP contribution >= 0.6 is 15.9 Å². The molecule has 0 saturated carbocycles. The molecule has 0 spiro atoms. The molecule has 1 heterocycles. The molecule has 3 nitrogen and oxygen atoms in total. The van der Waals surface area contributed by atoms with Gasteiger partial charge in [-0.3, -0.25) is 0 Å². The van der Waals surface area contributed by atoms with E-state index in [4.69, 9.17) is 9.47 Å². The Morgan fingerprint density at radius 2 is 1.88 bits per heavy atom. The van der Waals surface area contributed by atoms with E-state index in [1.54, 1.807) is 6.20 Å². The van der Waals surface area contributed by atoms with E-state index in [9.17, 15) is 0 Å². The molecule has 0 aliphatic rings. The fourth-order valence-electron chi connectivity index (χ4n) is 1.29. The van der Waals surface area contributed by atoms with Crippen LogP contribution in [0.15, 0.2) is 53.3 Å². The molecule has 0 bridgehead atoms. The van der Waals surface area contributed by atoms with Crippen molar-refractivity contribution in [3.8, 4) is 5.75 Å². The van der Waals surface area contributed by atoms with Gasteiger partial charge in [0.25, 0.3) is 0 Å². The van der Waals surface area contributed by atoms with Gasteiger partial charge in [0.1, 0.15) is 10.4 Å². The van der Waals surface area contributed by atoms with Crippen LogP contribution in [-0.2, 0) is 11.3 Å². The molecule has 0 unspecified atom stereocenters. The quantitative estimate of drug-likeness (QED) is 0.481. The van der Waals surface area contributed by atoms with Gasteiger partial charge in [0.15, 0.2) is 6.79 Å². The molecule has 17 heavy (non-hydrogen) atoms. The molecular weight excluding hydrogens is 282 g/mol. The van der Waals surface area contributed by atoms with E-state index < -0.39 is 0 Å². The number of pyridine rings is 1. The summed E-state index contributed by atoms with van der Waals surface area (Å²) in [4.78, 5) is 4.05. The topological polar surface area (TPSA) is 31.4 Å². The second-order valence-electron chi connectivity index (χ2n) is 3.41. The lowest BCUT2D eigenvalue weighted by molar-refractivity contribution is 0.00484. The number of rotatable bonds is 5. The summed E-state index contributed by atoms with van der Waals surface area (Å²) in [7, 11) is 0.